The lowest BCUT2D eigenvalue weighted by molar-refractivity contribution is 0.111. The average molecular weight is 192 g/mol. The number of carbonyl (C=O) groups is 1. The minimum atomic E-state index is 0.333. The van der Waals surface area contributed by atoms with Crippen molar-refractivity contribution in [3.05, 3.63) is 30.1 Å². The molecule has 0 aromatic carbocycles. The van der Waals surface area contributed by atoms with Crippen molar-refractivity contribution in [3.8, 4) is 0 Å². The lowest BCUT2D eigenvalue weighted by Crippen LogP contribution is -1.75. The van der Waals surface area contributed by atoms with Gasteiger partial charge < -0.3 is 4.98 Å². The van der Waals surface area contributed by atoms with E-state index in [0.717, 1.165) is 0 Å². The first-order valence-electron chi connectivity index (χ1n) is 3.55. The van der Waals surface area contributed by atoms with Crippen molar-refractivity contribution in [3.63, 3.8) is 0 Å². The Hall–Kier alpha value is -2.31. The molecule has 0 saturated carbocycles. The third-order valence-corrected chi connectivity index (χ3v) is 1.16. The van der Waals surface area contributed by atoms with E-state index in [2.05, 4.69) is 25.4 Å². The fraction of sp³-hybridized carbons (Fsp3) is 0. The first-order valence-corrected chi connectivity index (χ1v) is 3.55. The molecule has 0 amide bonds. The van der Waals surface area contributed by atoms with Crippen molar-refractivity contribution in [2.24, 2.45) is 0 Å². The Bertz CT molecular complexity index is 328. The van der Waals surface area contributed by atoms with Gasteiger partial charge in [-0.2, -0.15) is 0 Å². The summed E-state index contributed by atoms with van der Waals surface area (Å²) >= 11 is 0. The van der Waals surface area contributed by atoms with Crippen LogP contribution in [0.15, 0.2) is 18.7 Å². The number of hydrogen-bond donors (Lipinski definition) is 2. The van der Waals surface area contributed by atoms with Crippen LogP contribution in [0.5, 0.6) is 0 Å². The van der Waals surface area contributed by atoms with Gasteiger partial charge in [0.25, 0.3) is 6.29 Å². The second-order valence-corrected chi connectivity index (χ2v) is 2.08. The fourth-order valence-electron chi connectivity index (χ4n) is 0.580. The van der Waals surface area contributed by atoms with Crippen LogP contribution < -0.4 is 0 Å². The molecule has 2 aromatic rings. The molecular formula is C7H6N5O2. The summed E-state index contributed by atoms with van der Waals surface area (Å²) in [4.78, 5) is 25.5. The molecule has 0 unspecified atom stereocenters. The summed E-state index contributed by atoms with van der Waals surface area (Å²) in [5.74, 6) is 0. The van der Waals surface area contributed by atoms with E-state index < -0.39 is 0 Å². The number of nitrogens with one attached hydrogen (secondary N) is 2. The first-order chi connectivity index (χ1) is 6.86. The molecule has 2 heterocycles. The maximum absolute atomic E-state index is 9.75. The number of H-pyrrole nitrogens is 2. The van der Waals surface area contributed by atoms with Crippen molar-refractivity contribution in [1.82, 2.24) is 25.4 Å². The van der Waals surface area contributed by atoms with Crippen LogP contribution in [0.3, 0.4) is 0 Å². The van der Waals surface area contributed by atoms with Gasteiger partial charge in [-0.05, 0) is 0 Å². The summed E-state index contributed by atoms with van der Waals surface area (Å²) in [6.45, 7) is 0. The summed E-state index contributed by atoms with van der Waals surface area (Å²) in [6.07, 6.45) is 6.53. The molecule has 0 spiro atoms. The van der Waals surface area contributed by atoms with Gasteiger partial charge in [0.15, 0.2) is 6.29 Å². The van der Waals surface area contributed by atoms with Gasteiger partial charge in [0.1, 0.15) is 11.4 Å². The molecule has 7 heteroatoms. The molecule has 0 atom stereocenters. The molecule has 0 bridgehead atoms. The van der Waals surface area contributed by atoms with E-state index in [4.69, 9.17) is 0 Å². The molecule has 0 aliphatic carbocycles. The van der Waals surface area contributed by atoms with Crippen molar-refractivity contribution in [2.45, 2.75) is 0 Å². The van der Waals surface area contributed by atoms with Crippen LogP contribution in [0.4, 0.5) is 0 Å². The molecule has 7 nitrogen and oxygen atoms in total. The predicted octanol–water partition coefficient (Wildman–Crippen LogP) is -0.515. The van der Waals surface area contributed by atoms with E-state index >= 15 is 0 Å². The third-order valence-electron chi connectivity index (χ3n) is 1.16. The van der Waals surface area contributed by atoms with Crippen molar-refractivity contribution in [2.75, 3.05) is 0 Å². The van der Waals surface area contributed by atoms with Crippen molar-refractivity contribution in [1.29, 1.82) is 0 Å². The van der Waals surface area contributed by atoms with Crippen LogP contribution in [0.1, 0.15) is 16.2 Å². The van der Waals surface area contributed by atoms with Gasteiger partial charge in [0.2, 0.25) is 0 Å². The Morgan fingerprint density at radius 3 is 2.64 bits per heavy atom. The Morgan fingerprint density at radius 2 is 2.36 bits per heavy atom. The zero-order valence-electron chi connectivity index (χ0n) is 6.97. The summed E-state index contributed by atoms with van der Waals surface area (Å²) in [6, 6.07) is 0. The Balaban J connectivity index is 0.000000140. The zero-order valence-corrected chi connectivity index (χ0v) is 6.97. The maximum atomic E-state index is 9.75. The van der Waals surface area contributed by atoms with Crippen LogP contribution in [0.25, 0.3) is 0 Å². The molecular weight excluding hydrogens is 186 g/mol. The van der Waals surface area contributed by atoms with Gasteiger partial charge >= 0.3 is 0 Å². The minimum absolute atomic E-state index is 0.333. The smallest absolute Gasteiger partial charge is 0.252 e. The van der Waals surface area contributed by atoms with E-state index in [0.29, 0.717) is 17.7 Å². The standard InChI is InChI=1S/C4H3N2O.C3H3N3O/c7-2-4-1-5-3-6-4;7-2-3-1-4-6-5-3/h1,3H,(H,5,6);1-2H,(H,4,5,6). The van der Waals surface area contributed by atoms with Crippen LogP contribution >= 0.6 is 0 Å². The third kappa shape index (κ3) is 2.97. The highest BCUT2D eigenvalue weighted by Crippen LogP contribution is 1.80. The lowest BCUT2D eigenvalue weighted by atomic mass is 10.6. The van der Waals surface area contributed by atoms with E-state index in [-0.39, 0.29) is 0 Å². The van der Waals surface area contributed by atoms with Crippen LogP contribution in [-0.2, 0) is 4.79 Å². The summed E-state index contributed by atoms with van der Waals surface area (Å²) in [5.41, 5.74) is 0.722. The number of hydrogen-bond acceptors (Lipinski definition) is 5. The van der Waals surface area contributed by atoms with Gasteiger partial charge in [-0.25, -0.2) is 4.98 Å². The maximum Gasteiger partial charge on any atom is 0.252 e. The van der Waals surface area contributed by atoms with E-state index in [1.165, 1.54) is 18.7 Å². The second kappa shape index (κ2) is 5.36. The first kappa shape index (κ1) is 9.78. The number of carbonyl (C=O) groups excluding carboxylic acids is 2. The summed E-state index contributed by atoms with van der Waals surface area (Å²) < 4.78 is 0. The van der Waals surface area contributed by atoms with Crippen molar-refractivity contribution < 1.29 is 9.59 Å². The van der Waals surface area contributed by atoms with Gasteiger partial charge in [-0.1, -0.05) is 5.21 Å². The molecule has 0 aliphatic heterocycles. The predicted molar refractivity (Wildman–Crippen MR) is 45.2 cm³/mol. The Labute approximate surface area is 78.6 Å². The molecule has 2 N–H and O–H groups in total. The molecule has 2 aromatic heterocycles. The van der Waals surface area contributed by atoms with Crippen LogP contribution in [-0.4, -0.2) is 38.0 Å². The highest BCUT2D eigenvalue weighted by atomic mass is 16.1. The van der Waals surface area contributed by atoms with Crippen LogP contribution in [0.2, 0.25) is 0 Å². The molecule has 2 rings (SSSR count). The van der Waals surface area contributed by atoms with Gasteiger partial charge in [0, 0.05) is 0 Å². The minimum Gasteiger partial charge on any atom is -0.342 e. The molecule has 71 valence electrons. The molecule has 14 heavy (non-hydrogen) atoms. The topological polar surface area (TPSA) is 104 Å². The largest absolute Gasteiger partial charge is 0.342 e. The molecule has 0 aliphatic rings. The van der Waals surface area contributed by atoms with Crippen molar-refractivity contribution >= 4 is 12.6 Å². The van der Waals surface area contributed by atoms with Gasteiger partial charge in [0.05, 0.1) is 18.7 Å². The highest BCUT2D eigenvalue weighted by molar-refractivity contribution is 5.71. The Kier molecular flexibility index (Phi) is 3.74. The number of aromatic amines is 2. The van der Waals surface area contributed by atoms with E-state index in [9.17, 15) is 9.59 Å². The number of rotatable bonds is 2. The fourth-order valence-corrected chi connectivity index (χ4v) is 0.580. The number of aromatic nitrogens is 5. The monoisotopic (exact) mass is 192 g/mol. The molecule has 1 radical (unpaired) electrons. The normalized spacial score (nSPS) is 8.57. The van der Waals surface area contributed by atoms with E-state index in [1.807, 2.05) is 0 Å². The number of nitrogens with zero attached hydrogens (tertiary/aromatic N) is 3. The van der Waals surface area contributed by atoms with Gasteiger partial charge in [-0.15, -0.1) is 5.10 Å². The van der Waals surface area contributed by atoms with Gasteiger partial charge in [-0.3, -0.25) is 14.7 Å². The van der Waals surface area contributed by atoms with E-state index in [1.54, 1.807) is 6.29 Å². The zero-order chi connectivity index (χ0) is 10.2. The highest BCUT2D eigenvalue weighted by Gasteiger charge is 1.85. The molecule has 0 fully saturated rings. The molecule has 0 saturated heterocycles. The summed E-state index contributed by atoms with van der Waals surface area (Å²) in [5, 5.41) is 9.04. The van der Waals surface area contributed by atoms with Crippen LogP contribution in [0, 0.1) is 0 Å². The lowest BCUT2D eigenvalue weighted by Gasteiger charge is -1.65. The summed E-state index contributed by atoms with van der Waals surface area (Å²) in [7, 11) is 0. The number of aldehydes is 1. The number of imidazole rings is 1. The Morgan fingerprint density at radius 1 is 1.50 bits per heavy atom. The average Bonchev–Trinajstić information content (AvgIpc) is 2.92. The quantitative estimate of drug-likeness (QED) is 0.623. The SMILES string of the molecule is O=Cc1c[nH]nn1.O=[C]c1cnc[nH]1. The second-order valence-electron chi connectivity index (χ2n) is 2.08.